The summed E-state index contributed by atoms with van der Waals surface area (Å²) in [5.74, 6) is 1.63. The molecule has 1 aromatic rings. The third-order valence-electron chi connectivity index (χ3n) is 4.84. The molecule has 1 aromatic carbocycles. The van der Waals surface area contributed by atoms with E-state index in [0.29, 0.717) is 11.5 Å². The molecular formula is C24H44F2O2. The Morgan fingerprint density at radius 3 is 2.00 bits per heavy atom. The largest absolute Gasteiger partial charge is 0.412 e. The Balaban J connectivity index is -0.000000186. The Bertz CT molecular complexity index is 548. The van der Waals surface area contributed by atoms with E-state index in [9.17, 15) is 4.39 Å². The molecule has 4 N–H and O–H groups in total. The lowest BCUT2D eigenvalue weighted by molar-refractivity contribution is 0.221. The SMILES string of the molecule is C=C(C)[C@@H](C)C[C@H](CC)CCC.C=C(C)c1cccc(C(C)(C)F)c1.F.O.O. The summed E-state index contributed by atoms with van der Waals surface area (Å²) in [5.41, 5.74) is 2.73. The van der Waals surface area contributed by atoms with Crippen molar-refractivity contribution >= 4 is 5.57 Å². The van der Waals surface area contributed by atoms with E-state index in [1.54, 1.807) is 19.9 Å². The highest BCUT2D eigenvalue weighted by Gasteiger charge is 2.18. The van der Waals surface area contributed by atoms with Crippen LogP contribution < -0.4 is 0 Å². The maximum atomic E-state index is 13.5. The number of rotatable bonds is 8. The molecule has 2 nitrogen and oxygen atoms in total. The molecule has 0 unspecified atom stereocenters. The molecule has 4 heteroatoms. The van der Waals surface area contributed by atoms with Crippen molar-refractivity contribution < 1.29 is 20.0 Å². The van der Waals surface area contributed by atoms with Crippen molar-refractivity contribution in [3.8, 4) is 0 Å². The van der Waals surface area contributed by atoms with Gasteiger partial charge in [0.25, 0.3) is 0 Å². The molecule has 0 saturated heterocycles. The van der Waals surface area contributed by atoms with Gasteiger partial charge in [-0.05, 0) is 63.1 Å². The molecule has 0 aliphatic rings. The van der Waals surface area contributed by atoms with E-state index in [1.165, 1.54) is 31.3 Å². The van der Waals surface area contributed by atoms with E-state index in [4.69, 9.17) is 0 Å². The summed E-state index contributed by atoms with van der Waals surface area (Å²) in [6.07, 6.45) is 5.36. The Kier molecular flexibility index (Phi) is 20.0. The van der Waals surface area contributed by atoms with Crippen molar-refractivity contribution in [3.05, 3.63) is 54.1 Å². The van der Waals surface area contributed by atoms with Gasteiger partial charge in [-0.2, -0.15) is 0 Å². The van der Waals surface area contributed by atoms with Gasteiger partial charge >= 0.3 is 0 Å². The fourth-order valence-electron chi connectivity index (χ4n) is 2.75. The third kappa shape index (κ3) is 13.6. The Labute approximate surface area is 171 Å². The highest BCUT2D eigenvalue weighted by Crippen LogP contribution is 2.26. The van der Waals surface area contributed by atoms with Crippen LogP contribution in [0.5, 0.6) is 0 Å². The fourth-order valence-corrected chi connectivity index (χ4v) is 2.75. The highest BCUT2D eigenvalue weighted by atomic mass is 19.1. The average Bonchev–Trinajstić information content (AvgIpc) is 2.54. The number of allylic oxidation sites excluding steroid dienone is 2. The van der Waals surface area contributed by atoms with Gasteiger partial charge in [-0.3, -0.25) is 4.70 Å². The van der Waals surface area contributed by atoms with E-state index in [-0.39, 0.29) is 15.7 Å². The lowest BCUT2D eigenvalue weighted by Crippen LogP contribution is -2.08. The summed E-state index contributed by atoms with van der Waals surface area (Å²) in [5, 5.41) is 0. The molecule has 0 bridgehead atoms. The second-order valence-corrected chi connectivity index (χ2v) is 7.88. The molecule has 0 amide bonds. The first-order valence-corrected chi connectivity index (χ1v) is 9.63. The maximum absolute atomic E-state index is 13.5. The molecule has 0 spiro atoms. The zero-order valence-corrected chi connectivity index (χ0v) is 19.0. The van der Waals surface area contributed by atoms with Gasteiger partial charge < -0.3 is 11.0 Å². The number of alkyl halides is 1. The van der Waals surface area contributed by atoms with Crippen LogP contribution in [0.2, 0.25) is 0 Å². The summed E-state index contributed by atoms with van der Waals surface area (Å²) < 4.78 is 13.5. The van der Waals surface area contributed by atoms with Crippen molar-refractivity contribution in [2.75, 3.05) is 0 Å². The summed E-state index contributed by atoms with van der Waals surface area (Å²) in [7, 11) is 0. The van der Waals surface area contributed by atoms with Crippen molar-refractivity contribution in [1.82, 2.24) is 0 Å². The predicted octanol–water partition coefficient (Wildman–Crippen LogP) is 6.84. The Hall–Kier alpha value is -1.52. The molecule has 166 valence electrons. The normalized spacial score (nSPS) is 12.0. The molecule has 0 aliphatic heterocycles. The van der Waals surface area contributed by atoms with Crippen LogP contribution in [0, 0.1) is 11.8 Å². The highest BCUT2D eigenvalue weighted by molar-refractivity contribution is 5.62. The van der Waals surface area contributed by atoms with E-state index in [2.05, 4.69) is 40.9 Å². The van der Waals surface area contributed by atoms with Gasteiger partial charge in [-0.15, -0.1) is 0 Å². The van der Waals surface area contributed by atoms with Crippen LogP contribution in [0.25, 0.3) is 5.57 Å². The van der Waals surface area contributed by atoms with Gasteiger partial charge in [-0.25, -0.2) is 4.39 Å². The minimum Gasteiger partial charge on any atom is -0.412 e. The fraction of sp³-hybridized carbons (Fsp3) is 0.583. The standard InChI is InChI=1S/C12H15F.C12H24.FH.2H2O/c1-9(2)10-6-5-7-11(8-10)12(3,4)13;1-6-8-12(7-2)9-11(5)10(3)4;;;/h5-8H,1H2,2-4H3;11-12H,3,6-9H2,1-2,4-5H3;1H;2*1H2/t;11-,12+;;;/m.0.../s1. The van der Waals surface area contributed by atoms with E-state index in [1.807, 2.05) is 25.1 Å². The summed E-state index contributed by atoms with van der Waals surface area (Å²) >= 11 is 0. The van der Waals surface area contributed by atoms with Crippen LogP contribution in [-0.4, -0.2) is 11.0 Å². The Morgan fingerprint density at radius 2 is 1.64 bits per heavy atom. The van der Waals surface area contributed by atoms with Gasteiger partial charge in [0.05, 0.1) is 0 Å². The van der Waals surface area contributed by atoms with Gasteiger partial charge in [0.15, 0.2) is 0 Å². The molecule has 0 aliphatic carbocycles. The molecule has 0 radical (unpaired) electrons. The molecule has 0 fully saturated rings. The van der Waals surface area contributed by atoms with Crippen molar-refractivity contribution in [2.45, 2.75) is 79.8 Å². The smallest absolute Gasteiger partial charge is 0.130 e. The topological polar surface area (TPSA) is 63.0 Å². The van der Waals surface area contributed by atoms with Crippen LogP contribution in [-0.2, 0) is 5.67 Å². The number of benzene rings is 1. The van der Waals surface area contributed by atoms with Crippen LogP contribution in [0.15, 0.2) is 43.0 Å². The minimum atomic E-state index is -1.27. The van der Waals surface area contributed by atoms with Crippen LogP contribution in [0.3, 0.4) is 0 Å². The van der Waals surface area contributed by atoms with Gasteiger partial charge in [0.1, 0.15) is 5.67 Å². The van der Waals surface area contributed by atoms with Crippen LogP contribution in [0.4, 0.5) is 9.09 Å². The second kappa shape index (κ2) is 16.4. The zero-order valence-electron chi connectivity index (χ0n) is 19.0. The number of hydrogen-bond acceptors (Lipinski definition) is 0. The van der Waals surface area contributed by atoms with Crippen molar-refractivity contribution in [2.24, 2.45) is 11.8 Å². The van der Waals surface area contributed by atoms with Crippen molar-refractivity contribution in [1.29, 1.82) is 0 Å². The average molecular weight is 403 g/mol. The van der Waals surface area contributed by atoms with Crippen LogP contribution in [0.1, 0.15) is 85.3 Å². The van der Waals surface area contributed by atoms with Crippen molar-refractivity contribution in [3.63, 3.8) is 0 Å². The molecule has 28 heavy (non-hydrogen) atoms. The molecule has 0 saturated carbocycles. The maximum Gasteiger partial charge on any atom is 0.130 e. The zero-order chi connectivity index (χ0) is 19.6. The van der Waals surface area contributed by atoms with E-state index >= 15 is 0 Å². The minimum absolute atomic E-state index is 0. The van der Waals surface area contributed by atoms with Gasteiger partial charge in [0.2, 0.25) is 0 Å². The monoisotopic (exact) mass is 402 g/mol. The number of hydrogen-bond donors (Lipinski definition) is 0. The first-order chi connectivity index (χ1) is 11.5. The predicted molar refractivity (Wildman–Crippen MR) is 122 cm³/mol. The summed E-state index contributed by atoms with van der Waals surface area (Å²) in [4.78, 5) is 0. The third-order valence-corrected chi connectivity index (χ3v) is 4.84. The Morgan fingerprint density at radius 1 is 1.11 bits per heavy atom. The second-order valence-electron chi connectivity index (χ2n) is 7.88. The lowest BCUT2D eigenvalue weighted by Gasteiger charge is -2.19. The van der Waals surface area contributed by atoms with E-state index in [0.717, 1.165) is 17.1 Å². The first-order valence-electron chi connectivity index (χ1n) is 9.63. The summed E-state index contributed by atoms with van der Waals surface area (Å²) in [6, 6.07) is 7.45. The van der Waals surface area contributed by atoms with E-state index < -0.39 is 5.67 Å². The lowest BCUT2D eigenvalue weighted by atomic mass is 9.87. The molecular weight excluding hydrogens is 358 g/mol. The number of halogens is 2. The van der Waals surface area contributed by atoms with Gasteiger partial charge in [0, 0.05) is 0 Å². The first kappa shape index (κ1) is 34.0. The molecule has 1 rings (SSSR count). The molecule has 0 heterocycles. The van der Waals surface area contributed by atoms with Crippen LogP contribution >= 0.6 is 0 Å². The molecule has 0 aromatic heterocycles. The molecule has 2 atom stereocenters. The quantitative estimate of drug-likeness (QED) is 0.427. The van der Waals surface area contributed by atoms with Gasteiger partial charge in [-0.1, -0.05) is 82.5 Å². The summed E-state index contributed by atoms with van der Waals surface area (Å²) in [6.45, 7) is 21.9.